The number of rotatable bonds is 5. The highest BCUT2D eigenvalue weighted by molar-refractivity contribution is 9.10. The van der Waals surface area contributed by atoms with Crippen LogP contribution < -0.4 is 10.6 Å². The van der Waals surface area contributed by atoms with E-state index in [4.69, 9.17) is 4.74 Å². The summed E-state index contributed by atoms with van der Waals surface area (Å²) in [5.74, 6) is -0.834. The molecule has 3 amide bonds. The lowest BCUT2D eigenvalue weighted by Gasteiger charge is -2.31. The summed E-state index contributed by atoms with van der Waals surface area (Å²) in [6.07, 6.45) is 1.03. The van der Waals surface area contributed by atoms with Gasteiger partial charge in [-0.1, -0.05) is 15.9 Å². The van der Waals surface area contributed by atoms with Crippen molar-refractivity contribution in [2.45, 2.75) is 26.7 Å². The first-order valence-corrected chi connectivity index (χ1v) is 9.45. The SMILES string of the molecule is CCOC(=O)N1CCC[C@H](C(=O)NCC(=O)Nc2ccc(Br)cc2C)C1. The van der Waals surface area contributed by atoms with Gasteiger partial charge in [0.15, 0.2) is 0 Å². The van der Waals surface area contributed by atoms with Crippen molar-refractivity contribution in [3.05, 3.63) is 28.2 Å². The van der Waals surface area contributed by atoms with E-state index in [0.717, 1.165) is 16.5 Å². The number of likely N-dealkylation sites (tertiary alicyclic amines) is 1. The number of aryl methyl sites for hydroxylation is 1. The molecule has 1 aromatic carbocycles. The van der Waals surface area contributed by atoms with Crippen molar-refractivity contribution in [3.63, 3.8) is 0 Å². The molecule has 2 rings (SSSR count). The fourth-order valence-electron chi connectivity index (χ4n) is 2.85. The van der Waals surface area contributed by atoms with E-state index < -0.39 is 6.09 Å². The smallest absolute Gasteiger partial charge is 0.409 e. The summed E-state index contributed by atoms with van der Waals surface area (Å²) in [5, 5.41) is 5.44. The second-order valence-electron chi connectivity index (χ2n) is 6.21. The number of carbonyl (C=O) groups is 3. The third-order valence-corrected chi connectivity index (χ3v) is 4.70. The standard InChI is InChI=1S/C18H24BrN3O4/c1-3-26-18(25)22-8-4-5-13(11-22)17(24)20-10-16(23)21-15-7-6-14(19)9-12(15)2/h6-7,9,13H,3-5,8,10-11H2,1-2H3,(H,20,24)(H,21,23)/t13-/m0/s1. The molecule has 26 heavy (non-hydrogen) atoms. The van der Waals surface area contributed by atoms with Gasteiger partial charge >= 0.3 is 6.09 Å². The summed E-state index contributed by atoms with van der Waals surface area (Å²) in [4.78, 5) is 37.7. The van der Waals surface area contributed by atoms with E-state index in [-0.39, 0.29) is 24.3 Å². The summed E-state index contributed by atoms with van der Waals surface area (Å²) in [6.45, 7) is 4.75. The van der Waals surface area contributed by atoms with Crippen LogP contribution in [0.3, 0.4) is 0 Å². The molecular formula is C18H24BrN3O4. The molecule has 1 fully saturated rings. The van der Waals surface area contributed by atoms with Crippen LogP contribution in [0, 0.1) is 12.8 Å². The van der Waals surface area contributed by atoms with E-state index in [1.807, 2.05) is 19.1 Å². The zero-order valence-electron chi connectivity index (χ0n) is 15.0. The molecular weight excluding hydrogens is 402 g/mol. The summed E-state index contributed by atoms with van der Waals surface area (Å²) < 4.78 is 5.92. The third-order valence-electron chi connectivity index (χ3n) is 4.20. The van der Waals surface area contributed by atoms with E-state index in [2.05, 4.69) is 26.6 Å². The molecule has 1 aromatic rings. The first-order valence-electron chi connectivity index (χ1n) is 8.66. The number of nitrogens with one attached hydrogen (secondary N) is 2. The minimum atomic E-state index is -0.395. The number of hydrogen-bond donors (Lipinski definition) is 2. The number of carbonyl (C=O) groups excluding carboxylic acids is 3. The Morgan fingerprint density at radius 1 is 1.35 bits per heavy atom. The highest BCUT2D eigenvalue weighted by atomic mass is 79.9. The van der Waals surface area contributed by atoms with Gasteiger partial charge in [-0.05, 0) is 50.5 Å². The fourth-order valence-corrected chi connectivity index (χ4v) is 3.32. The average molecular weight is 426 g/mol. The van der Waals surface area contributed by atoms with Crippen LogP contribution in [-0.4, -0.2) is 49.0 Å². The van der Waals surface area contributed by atoms with Crippen LogP contribution in [-0.2, 0) is 14.3 Å². The van der Waals surface area contributed by atoms with Gasteiger partial charge in [0, 0.05) is 23.2 Å². The Labute approximate surface area is 161 Å². The number of nitrogens with zero attached hydrogens (tertiary/aromatic N) is 1. The molecule has 142 valence electrons. The van der Waals surface area contributed by atoms with E-state index in [0.29, 0.717) is 31.8 Å². The zero-order valence-corrected chi connectivity index (χ0v) is 16.6. The van der Waals surface area contributed by atoms with Gasteiger partial charge in [-0.3, -0.25) is 9.59 Å². The van der Waals surface area contributed by atoms with E-state index in [1.54, 1.807) is 17.9 Å². The quantitative estimate of drug-likeness (QED) is 0.758. The van der Waals surface area contributed by atoms with Crippen molar-refractivity contribution in [3.8, 4) is 0 Å². The summed E-state index contributed by atoms with van der Waals surface area (Å²) in [7, 11) is 0. The first-order chi connectivity index (χ1) is 12.4. The van der Waals surface area contributed by atoms with Crippen LogP contribution in [0.5, 0.6) is 0 Å². The molecule has 1 heterocycles. The summed E-state index contributed by atoms with van der Waals surface area (Å²) >= 11 is 3.37. The summed E-state index contributed by atoms with van der Waals surface area (Å²) in [6, 6.07) is 5.55. The minimum absolute atomic E-state index is 0.107. The van der Waals surface area contributed by atoms with Crippen LogP contribution in [0.25, 0.3) is 0 Å². The number of benzene rings is 1. The summed E-state index contributed by atoms with van der Waals surface area (Å²) in [5.41, 5.74) is 1.63. The lowest BCUT2D eigenvalue weighted by Crippen LogP contribution is -2.46. The van der Waals surface area contributed by atoms with Crippen LogP contribution >= 0.6 is 15.9 Å². The van der Waals surface area contributed by atoms with Gasteiger partial charge < -0.3 is 20.3 Å². The highest BCUT2D eigenvalue weighted by Gasteiger charge is 2.29. The van der Waals surface area contributed by atoms with Crippen LogP contribution in [0.1, 0.15) is 25.3 Å². The topological polar surface area (TPSA) is 87.7 Å². The molecule has 0 radical (unpaired) electrons. The van der Waals surface area contributed by atoms with Gasteiger partial charge in [0.05, 0.1) is 19.1 Å². The van der Waals surface area contributed by atoms with E-state index >= 15 is 0 Å². The van der Waals surface area contributed by atoms with Crippen molar-refractivity contribution >= 4 is 39.5 Å². The number of ether oxygens (including phenoxy) is 1. The van der Waals surface area contributed by atoms with Gasteiger partial charge in [0.25, 0.3) is 0 Å². The molecule has 2 N–H and O–H groups in total. The molecule has 1 aliphatic rings. The Bertz CT molecular complexity index is 680. The monoisotopic (exact) mass is 425 g/mol. The van der Waals surface area contributed by atoms with Crippen molar-refractivity contribution in [1.82, 2.24) is 10.2 Å². The average Bonchev–Trinajstić information content (AvgIpc) is 2.62. The molecule has 0 bridgehead atoms. The van der Waals surface area contributed by atoms with Crippen LogP contribution in [0.4, 0.5) is 10.5 Å². The molecule has 0 aromatic heterocycles. The third kappa shape index (κ3) is 5.72. The maximum Gasteiger partial charge on any atom is 0.409 e. The van der Waals surface area contributed by atoms with Crippen molar-refractivity contribution in [2.24, 2.45) is 5.92 Å². The van der Waals surface area contributed by atoms with Gasteiger partial charge in [0.2, 0.25) is 11.8 Å². The Balaban J connectivity index is 1.81. The molecule has 0 unspecified atom stereocenters. The molecule has 1 atom stereocenters. The maximum atomic E-state index is 12.3. The van der Waals surface area contributed by atoms with Gasteiger partial charge in [0.1, 0.15) is 0 Å². The van der Waals surface area contributed by atoms with Crippen LogP contribution in [0.2, 0.25) is 0 Å². The Kier molecular flexibility index (Phi) is 7.44. The van der Waals surface area contributed by atoms with Gasteiger partial charge in [-0.2, -0.15) is 0 Å². The molecule has 8 heteroatoms. The molecule has 1 saturated heterocycles. The molecule has 1 aliphatic heterocycles. The van der Waals surface area contributed by atoms with Crippen molar-refractivity contribution in [2.75, 3.05) is 31.6 Å². The maximum absolute atomic E-state index is 12.3. The zero-order chi connectivity index (χ0) is 19.1. The number of piperidine rings is 1. The molecule has 0 saturated carbocycles. The number of halogens is 1. The predicted octanol–water partition coefficient (Wildman–Crippen LogP) is 2.68. The molecule has 7 nitrogen and oxygen atoms in total. The van der Waals surface area contributed by atoms with Crippen molar-refractivity contribution in [1.29, 1.82) is 0 Å². The molecule has 0 spiro atoms. The number of hydrogen-bond acceptors (Lipinski definition) is 4. The fraction of sp³-hybridized carbons (Fsp3) is 0.500. The highest BCUT2D eigenvalue weighted by Crippen LogP contribution is 2.20. The molecule has 0 aliphatic carbocycles. The van der Waals surface area contributed by atoms with Gasteiger partial charge in [-0.25, -0.2) is 4.79 Å². The van der Waals surface area contributed by atoms with Crippen molar-refractivity contribution < 1.29 is 19.1 Å². The Morgan fingerprint density at radius 3 is 2.81 bits per heavy atom. The normalized spacial score (nSPS) is 16.7. The second kappa shape index (κ2) is 9.56. The number of anilines is 1. The second-order valence-corrected chi connectivity index (χ2v) is 7.12. The number of amides is 3. The minimum Gasteiger partial charge on any atom is -0.450 e. The largest absolute Gasteiger partial charge is 0.450 e. The van der Waals surface area contributed by atoms with E-state index in [9.17, 15) is 14.4 Å². The Hall–Kier alpha value is -2.09. The predicted molar refractivity (Wildman–Crippen MR) is 102 cm³/mol. The van der Waals surface area contributed by atoms with E-state index in [1.165, 1.54) is 0 Å². The lowest BCUT2D eigenvalue weighted by atomic mass is 9.97. The lowest BCUT2D eigenvalue weighted by molar-refractivity contribution is -0.128. The Morgan fingerprint density at radius 2 is 2.12 bits per heavy atom. The van der Waals surface area contributed by atoms with Gasteiger partial charge in [-0.15, -0.1) is 0 Å². The van der Waals surface area contributed by atoms with Crippen LogP contribution in [0.15, 0.2) is 22.7 Å². The first kappa shape index (κ1) is 20.2.